The van der Waals surface area contributed by atoms with Crippen LogP contribution in [0.15, 0.2) is 24.3 Å². The van der Waals surface area contributed by atoms with E-state index in [1.807, 2.05) is 13.0 Å². The maximum absolute atomic E-state index is 5.76. The van der Waals surface area contributed by atoms with E-state index in [4.69, 9.17) is 4.74 Å². The van der Waals surface area contributed by atoms with Crippen molar-refractivity contribution in [3.05, 3.63) is 24.3 Å². The highest BCUT2D eigenvalue weighted by molar-refractivity contribution is 5.58. The number of ether oxygens (including phenoxy) is 1. The van der Waals surface area contributed by atoms with E-state index in [1.165, 1.54) is 12.1 Å². The standard InChI is InChI=1S/C16H26N2O/c1-4-19-15-9-6-5-8-14(15)18-12-7-11-17-16(2,3)10-13-18/h5-6,8-9,17H,4,7,10-13H2,1-3H3. The molecule has 0 atom stereocenters. The minimum Gasteiger partial charge on any atom is -0.492 e. The summed E-state index contributed by atoms with van der Waals surface area (Å²) in [5.41, 5.74) is 1.46. The monoisotopic (exact) mass is 262 g/mol. The Bertz CT molecular complexity index is 403. The molecular formula is C16H26N2O. The number of hydrogen-bond donors (Lipinski definition) is 1. The summed E-state index contributed by atoms with van der Waals surface area (Å²) >= 11 is 0. The molecule has 1 aliphatic heterocycles. The Balaban J connectivity index is 2.15. The van der Waals surface area contributed by atoms with Crippen LogP contribution in [-0.4, -0.2) is 31.8 Å². The molecule has 0 amide bonds. The molecule has 1 aromatic rings. The number of anilines is 1. The highest BCUT2D eigenvalue weighted by Gasteiger charge is 2.22. The van der Waals surface area contributed by atoms with Crippen molar-refractivity contribution in [3.63, 3.8) is 0 Å². The molecule has 0 aliphatic carbocycles. The van der Waals surface area contributed by atoms with E-state index in [0.29, 0.717) is 0 Å². The molecule has 3 nitrogen and oxygen atoms in total. The van der Waals surface area contributed by atoms with Crippen molar-refractivity contribution < 1.29 is 4.74 Å². The number of hydrogen-bond acceptors (Lipinski definition) is 3. The number of para-hydroxylation sites is 2. The molecule has 0 bridgehead atoms. The van der Waals surface area contributed by atoms with Crippen LogP contribution in [0.1, 0.15) is 33.6 Å². The van der Waals surface area contributed by atoms with Gasteiger partial charge in [0, 0.05) is 18.6 Å². The molecule has 3 heteroatoms. The lowest BCUT2D eigenvalue weighted by atomic mass is 9.98. The van der Waals surface area contributed by atoms with Crippen molar-refractivity contribution in [2.24, 2.45) is 0 Å². The molecule has 1 saturated heterocycles. The van der Waals surface area contributed by atoms with Gasteiger partial charge in [-0.2, -0.15) is 0 Å². The lowest BCUT2D eigenvalue weighted by Gasteiger charge is -2.35. The van der Waals surface area contributed by atoms with Crippen molar-refractivity contribution in [2.45, 2.75) is 39.2 Å². The smallest absolute Gasteiger partial charge is 0.142 e. The Morgan fingerprint density at radius 1 is 1.26 bits per heavy atom. The Morgan fingerprint density at radius 3 is 2.84 bits per heavy atom. The minimum absolute atomic E-state index is 0.221. The van der Waals surface area contributed by atoms with Gasteiger partial charge in [-0.05, 0) is 52.3 Å². The van der Waals surface area contributed by atoms with E-state index in [9.17, 15) is 0 Å². The molecule has 0 aromatic heterocycles. The van der Waals surface area contributed by atoms with E-state index in [1.54, 1.807) is 0 Å². The summed E-state index contributed by atoms with van der Waals surface area (Å²) in [5, 5.41) is 3.61. The predicted molar refractivity (Wildman–Crippen MR) is 81.1 cm³/mol. The summed E-state index contributed by atoms with van der Waals surface area (Å²) in [5.74, 6) is 1.01. The third kappa shape index (κ3) is 3.87. The summed E-state index contributed by atoms with van der Waals surface area (Å²) in [4.78, 5) is 2.47. The van der Waals surface area contributed by atoms with Gasteiger partial charge >= 0.3 is 0 Å². The van der Waals surface area contributed by atoms with Crippen LogP contribution in [0.2, 0.25) is 0 Å². The minimum atomic E-state index is 0.221. The SMILES string of the molecule is CCOc1ccccc1N1CCCNC(C)(C)CC1. The Labute approximate surface area is 116 Å². The van der Waals surface area contributed by atoms with Gasteiger partial charge in [-0.1, -0.05) is 12.1 Å². The summed E-state index contributed by atoms with van der Waals surface area (Å²) in [6.07, 6.45) is 2.32. The van der Waals surface area contributed by atoms with Crippen molar-refractivity contribution in [2.75, 3.05) is 31.1 Å². The second kappa shape index (κ2) is 6.29. The van der Waals surface area contributed by atoms with Crippen LogP contribution < -0.4 is 15.0 Å². The van der Waals surface area contributed by atoms with Crippen LogP contribution in [0.4, 0.5) is 5.69 Å². The van der Waals surface area contributed by atoms with Gasteiger partial charge < -0.3 is 15.0 Å². The van der Waals surface area contributed by atoms with Gasteiger partial charge in [-0.3, -0.25) is 0 Å². The Hall–Kier alpha value is -1.22. The van der Waals surface area contributed by atoms with E-state index in [2.05, 4.69) is 42.3 Å². The van der Waals surface area contributed by atoms with Crippen LogP contribution in [-0.2, 0) is 0 Å². The highest BCUT2D eigenvalue weighted by Crippen LogP contribution is 2.29. The third-order valence-electron chi connectivity index (χ3n) is 3.72. The number of nitrogens with zero attached hydrogens (tertiary/aromatic N) is 1. The first-order valence-corrected chi connectivity index (χ1v) is 7.34. The average molecular weight is 262 g/mol. The van der Waals surface area contributed by atoms with Crippen molar-refractivity contribution >= 4 is 5.69 Å². The van der Waals surface area contributed by atoms with Crippen LogP contribution in [0, 0.1) is 0 Å². The zero-order chi connectivity index (χ0) is 13.7. The largest absolute Gasteiger partial charge is 0.492 e. The van der Waals surface area contributed by atoms with Gasteiger partial charge in [0.2, 0.25) is 0 Å². The topological polar surface area (TPSA) is 24.5 Å². The first-order valence-electron chi connectivity index (χ1n) is 7.34. The second-order valence-electron chi connectivity index (χ2n) is 5.80. The van der Waals surface area contributed by atoms with Crippen LogP contribution in [0.25, 0.3) is 0 Å². The Kier molecular flexibility index (Phi) is 4.70. The van der Waals surface area contributed by atoms with Crippen LogP contribution in [0.5, 0.6) is 5.75 Å². The number of nitrogens with one attached hydrogen (secondary N) is 1. The van der Waals surface area contributed by atoms with Gasteiger partial charge in [0.25, 0.3) is 0 Å². The lowest BCUT2D eigenvalue weighted by Crippen LogP contribution is -2.46. The number of rotatable bonds is 3. The average Bonchev–Trinajstić information content (AvgIpc) is 2.37. The fraction of sp³-hybridized carbons (Fsp3) is 0.625. The molecule has 1 aliphatic rings. The fourth-order valence-electron chi connectivity index (χ4n) is 2.55. The van der Waals surface area contributed by atoms with Gasteiger partial charge in [0.15, 0.2) is 0 Å². The van der Waals surface area contributed by atoms with Gasteiger partial charge in [-0.15, -0.1) is 0 Å². The van der Waals surface area contributed by atoms with E-state index >= 15 is 0 Å². The third-order valence-corrected chi connectivity index (χ3v) is 3.72. The molecule has 106 valence electrons. The molecule has 1 aromatic carbocycles. The summed E-state index contributed by atoms with van der Waals surface area (Å²) in [6.45, 7) is 10.6. The molecule has 0 saturated carbocycles. The normalized spacial score (nSPS) is 19.6. The molecule has 0 radical (unpaired) electrons. The molecule has 1 N–H and O–H groups in total. The molecule has 19 heavy (non-hydrogen) atoms. The lowest BCUT2D eigenvalue weighted by molar-refractivity contribution is 0.332. The molecule has 0 spiro atoms. The fourth-order valence-corrected chi connectivity index (χ4v) is 2.55. The van der Waals surface area contributed by atoms with Crippen LogP contribution >= 0.6 is 0 Å². The van der Waals surface area contributed by atoms with Crippen molar-refractivity contribution in [1.29, 1.82) is 0 Å². The first kappa shape index (κ1) is 14.2. The van der Waals surface area contributed by atoms with Crippen molar-refractivity contribution in [1.82, 2.24) is 5.32 Å². The zero-order valence-corrected chi connectivity index (χ0v) is 12.4. The summed E-state index contributed by atoms with van der Waals surface area (Å²) < 4.78 is 5.76. The van der Waals surface area contributed by atoms with Crippen LogP contribution in [0.3, 0.4) is 0 Å². The molecule has 1 heterocycles. The molecule has 0 unspecified atom stereocenters. The maximum atomic E-state index is 5.76. The summed E-state index contributed by atoms with van der Waals surface area (Å²) in [6, 6.07) is 8.39. The van der Waals surface area contributed by atoms with E-state index < -0.39 is 0 Å². The molecular weight excluding hydrogens is 236 g/mol. The van der Waals surface area contributed by atoms with Gasteiger partial charge in [-0.25, -0.2) is 0 Å². The number of benzene rings is 1. The molecule has 1 fully saturated rings. The van der Waals surface area contributed by atoms with E-state index in [0.717, 1.165) is 38.4 Å². The van der Waals surface area contributed by atoms with E-state index in [-0.39, 0.29) is 5.54 Å². The predicted octanol–water partition coefficient (Wildman–Crippen LogP) is 3.05. The quantitative estimate of drug-likeness (QED) is 0.906. The highest BCUT2D eigenvalue weighted by atomic mass is 16.5. The summed E-state index contributed by atoms with van der Waals surface area (Å²) in [7, 11) is 0. The van der Waals surface area contributed by atoms with Gasteiger partial charge in [0.1, 0.15) is 5.75 Å². The molecule has 2 rings (SSSR count). The van der Waals surface area contributed by atoms with Crippen molar-refractivity contribution in [3.8, 4) is 5.75 Å². The Morgan fingerprint density at radius 2 is 2.05 bits per heavy atom. The zero-order valence-electron chi connectivity index (χ0n) is 12.4. The first-order chi connectivity index (χ1) is 9.12. The second-order valence-corrected chi connectivity index (χ2v) is 5.80. The maximum Gasteiger partial charge on any atom is 0.142 e. The van der Waals surface area contributed by atoms with Gasteiger partial charge in [0.05, 0.1) is 12.3 Å².